The number of aromatic amines is 1. The average molecular weight is 192 g/mol. The molecule has 1 fully saturated rings. The molecule has 0 unspecified atom stereocenters. The number of nitrogens with one attached hydrogen (secondary N) is 1. The Morgan fingerprint density at radius 3 is 2.92 bits per heavy atom. The summed E-state index contributed by atoms with van der Waals surface area (Å²) in [5.41, 5.74) is 2.36. The molecule has 0 amide bonds. The molecule has 2 heterocycles. The van der Waals surface area contributed by atoms with E-state index >= 15 is 0 Å². The lowest BCUT2D eigenvalue weighted by Gasteiger charge is -2.02. The quantitative estimate of drug-likeness (QED) is 0.738. The van der Waals surface area contributed by atoms with E-state index in [0.29, 0.717) is 5.92 Å². The fourth-order valence-electron chi connectivity index (χ4n) is 2.16. The monoisotopic (exact) mass is 192 g/mol. The van der Waals surface area contributed by atoms with Gasteiger partial charge in [-0.25, -0.2) is 4.98 Å². The van der Waals surface area contributed by atoms with Crippen LogP contribution in [0.4, 0.5) is 0 Å². The van der Waals surface area contributed by atoms with Gasteiger partial charge in [0.15, 0.2) is 0 Å². The highest BCUT2D eigenvalue weighted by Gasteiger charge is 2.20. The average Bonchev–Trinajstić information content (AvgIpc) is 2.78. The Morgan fingerprint density at radius 2 is 2.15 bits per heavy atom. The number of hydrogen-bond donors (Lipinski definition) is 1. The van der Waals surface area contributed by atoms with Crippen molar-refractivity contribution in [1.29, 1.82) is 0 Å². The minimum absolute atomic E-state index is 0.706. The highest BCUT2D eigenvalue weighted by atomic mass is 32.1. The second kappa shape index (κ2) is 2.84. The lowest BCUT2D eigenvalue weighted by molar-refractivity contribution is 0.681. The minimum atomic E-state index is 0.706. The zero-order chi connectivity index (χ0) is 8.67. The van der Waals surface area contributed by atoms with E-state index in [1.165, 1.54) is 37.0 Å². The van der Waals surface area contributed by atoms with Gasteiger partial charge in [0.1, 0.15) is 5.82 Å². The molecule has 0 bridgehead atoms. The van der Waals surface area contributed by atoms with Crippen LogP contribution in [-0.4, -0.2) is 9.97 Å². The Bertz CT molecular complexity index is 381. The van der Waals surface area contributed by atoms with Gasteiger partial charge in [-0.3, -0.25) is 0 Å². The van der Waals surface area contributed by atoms with Gasteiger partial charge in [0.05, 0.1) is 11.0 Å². The van der Waals surface area contributed by atoms with Crippen LogP contribution in [0.5, 0.6) is 0 Å². The van der Waals surface area contributed by atoms with Crippen molar-refractivity contribution in [2.75, 3.05) is 0 Å². The van der Waals surface area contributed by atoms with Crippen LogP contribution in [-0.2, 0) is 0 Å². The summed E-state index contributed by atoms with van der Waals surface area (Å²) < 4.78 is 0. The van der Waals surface area contributed by atoms with E-state index in [9.17, 15) is 0 Å². The summed E-state index contributed by atoms with van der Waals surface area (Å²) in [4.78, 5) is 8.03. The molecule has 0 radical (unpaired) electrons. The van der Waals surface area contributed by atoms with Crippen molar-refractivity contribution in [3.05, 3.63) is 16.6 Å². The number of imidazole rings is 1. The van der Waals surface area contributed by atoms with Crippen molar-refractivity contribution in [1.82, 2.24) is 9.97 Å². The zero-order valence-electron chi connectivity index (χ0n) is 7.42. The first-order chi connectivity index (χ1) is 6.43. The third-order valence-corrected chi connectivity index (χ3v) is 3.62. The van der Waals surface area contributed by atoms with Gasteiger partial charge in [0, 0.05) is 16.7 Å². The maximum absolute atomic E-state index is 4.61. The van der Waals surface area contributed by atoms with Gasteiger partial charge >= 0.3 is 0 Å². The van der Waals surface area contributed by atoms with Gasteiger partial charge in [0.25, 0.3) is 0 Å². The van der Waals surface area contributed by atoms with Crippen LogP contribution in [0.15, 0.2) is 10.8 Å². The summed E-state index contributed by atoms with van der Waals surface area (Å²) >= 11 is 1.72. The third-order valence-electron chi connectivity index (χ3n) is 2.89. The predicted octanol–water partition coefficient (Wildman–Crippen LogP) is 3.28. The largest absolute Gasteiger partial charge is 0.341 e. The summed E-state index contributed by atoms with van der Waals surface area (Å²) in [6, 6.07) is 0. The van der Waals surface area contributed by atoms with Crippen LogP contribution in [0, 0.1) is 0 Å². The Hall–Kier alpha value is -0.830. The van der Waals surface area contributed by atoms with Crippen molar-refractivity contribution in [2.45, 2.75) is 31.6 Å². The van der Waals surface area contributed by atoms with Crippen molar-refractivity contribution < 1.29 is 0 Å². The van der Waals surface area contributed by atoms with E-state index in [4.69, 9.17) is 0 Å². The number of thiophene rings is 1. The highest BCUT2D eigenvalue weighted by molar-refractivity contribution is 7.09. The highest BCUT2D eigenvalue weighted by Crippen LogP contribution is 2.33. The molecule has 1 aliphatic rings. The van der Waals surface area contributed by atoms with Gasteiger partial charge in [-0.2, -0.15) is 0 Å². The van der Waals surface area contributed by atoms with Gasteiger partial charge in [-0.05, 0) is 12.8 Å². The molecule has 2 aromatic heterocycles. The van der Waals surface area contributed by atoms with Crippen molar-refractivity contribution in [3.8, 4) is 0 Å². The van der Waals surface area contributed by atoms with Crippen LogP contribution in [0.3, 0.4) is 0 Å². The lowest BCUT2D eigenvalue weighted by atomic mass is 10.1. The predicted molar refractivity (Wildman–Crippen MR) is 55.2 cm³/mol. The number of H-pyrrole nitrogens is 1. The fourth-order valence-corrected chi connectivity index (χ4v) is 2.85. The van der Waals surface area contributed by atoms with Crippen LogP contribution < -0.4 is 0 Å². The maximum atomic E-state index is 4.61. The van der Waals surface area contributed by atoms with Crippen LogP contribution >= 0.6 is 11.3 Å². The molecule has 2 nitrogen and oxygen atoms in total. The normalized spacial score (nSPS) is 18.8. The summed E-state index contributed by atoms with van der Waals surface area (Å²) in [6.07, 6.45) is 5.38. The van der Waals surface area contributed by atoms with E-state index in [1.807, 2.05) is 0 Å². The summed E-state index contributed by atoms with van der Waals surface area (Å²) in [5, 5.41) is 4.26. The van der Waals surface area contributed by atoms with E-state index in [0.717, 1.165) is 5.52 Å². The van der Waals surface area contributed by atoms with Crippen LogP contribution in [0.25, 0.3) is 11.0 Å². The lowest BCUT2D eigenvalue weighted by Crippen LogP contribution is -1.94. The number of hydrogen-bond acceptors (Lipinski definition) is 2. The SMILES string of the molecule is c1scc2[nH]c(C3CCCC3)nc12. The first-order valence-electron chi connectivity index (χ1n) is 4.85. The van der Waals surface area contributed by atoms with Gasteiger partial charge in [0.2, 0.25) is 0 Å². The molecule has 13 heavy (non-hydrogen) atoms. The first kappa shape index (κ1) is 7.56. The molecule has 1 N–H and O–H groups in total. The van der Waals surface area contributed by atoms with E-state index in [1.54, 1.807) is 11.3 Å². The van der Waals surface area contributed by atoms with Crippen molar-refractivity contribution in [2.24, 2.45) is 0 Å². The smallest absolute Gasteiger partial charge is 0.110 e. The van der Waals surface area contributed by atoms with Crippen molar-refractivity contribution in [3.63, 3.8) is 0 Å². The number of fused-ring (bicyclic) bond motifs is 1. The molecular formula is C10H12N2S. The number of nitrogens with zero attached hydrogens (tertiary/aromatic N) is 1. The molecule has 3 rings (SSSR count). The third kappa shape index (κ3) is 1.18. The molecule has 0 spiro atoms. The standard InChI is InChI=1S/C10H12N2S/c1-2-4-7(3-1)10-11-8-5-13-6-9(8)12-10/h5-7H,1-4H2,(H,11,12). The molecule has 2 aromatic rings. The molecule has 0 aromatic carbocycles. The Balaban J connectivity index is 2.02. The van der Waals surface area contributed by atoms with Gasteiger partial charge in [-0.1, -0.05) is 12.8 Å². The molecule has 0 saturated heterocycles. The van der Waals surface area contributed by atoms with Crippen LogP contribution in [0.1, 0.15) is 37.4 Å². The first-order valence-corrected chi connectivity index (χ1v) is 5.79. The van der Waals surface area contributed by atoms with E-state index < -0.39 is 0 Å². The minimum Gasteiger partial charge on any atom is -0.341 e. The van der Waals surface area contributed by atoms with Crippen LogP contribution in [0.2, 0.25) is 0 Å². The maximum Gasteiger partial charge on any atom is 0.110 e. The molecule has 1 aliphatic carbocycles. The Kier molecular flexibility index (Phi) is 1.65. The zero-order valence-corrected chi connectivity index (χ0v) is 8.23. The molecule has 0 aliphatic heterocycles. The molecule has 68 valence electrons. The summed E-state index contributed by atoms with van der Waals surface area (Å²) in [7, 11) is 0. The fraction of sp³-hybridized carbons (Fsp3) is 0.500. The van der Waals surface area contributed by atoms with Crippen molar-refractivity contribution >= 4 is 22.4 Å². The van der Waals surface area contributed by atoms with Gasteiger partial charge in [-0.15, -0.1) is 11.3 Å². The topological polar surface area (TPSA) is 28.7 Å². The molecular weight excluding hydrogens is 180 g/mol. The Labute approximate surface area is 81.0 Å². The molecule has 0 atom stereocenters. The Morgan fingerprint density at radius 1 is 1.31 bits per heavy atom. The second-order valence-corrected chi connectivity index (χ2v) is 4.52. The van der Waals surface area contributed by atoms with E-state index in [-0.39, 0.29) is 0 Å². The number of rotatable bonds is 1. The molecule has 3 heteroatoms. The number of aromatic nitrogens is 2. The van der Waals surface area contributed by atoms with E-state index in [2.05, 4.69) is 20.7 Å². The molecule has 1 saturated carbocycles. The summed E-state index contributed by atoms with van der Waals surface area (Å²) in [6.45, 7) is 0. The second-order valence-electron chi connectivity index (χ2n) is 3.77. The van der Waals surface area contributed by atoms with Gasteiger partial charge < -0.3 is 4.98 Å². The summed E-state index contributed by atoms with van der Waals surface area (Å²) in [5.74, 6) is 1.92.